The molecule has 7 heteroatoms. The number of halogens is 1. The fourth-order valence-corrected chi connectivity index (χ4v) is 3.75. The molecule has 0 amide bonds. The van der Waals surface area contributed by atoms with Gasteiger partial charge in [-0.2, -0.15) is 0 Å². The number of aliphatic imine (C=N–C) groups is 1. The zero-order chi connectivity index (χ0) is 16.7. The monoisotopic (exact) mass is 465 g/mol. The number of nitrogens with zero attached hydrogens (tertiary/aromatic N) is 4. The number of likely N-dealkylation sites (tertiary alicyclic amines) is 1. The summed E-state index contributed by atoms with van der Waals surface area (Å²) in [5, 5.41) is 3.45. The third-order valence-corrected chi connectivity index (χ3v) is 5.64. The Labute approximate surface area is 167 Å². The maximum absolute atomic E-state index is 6.06. The highest BCUT2D eigenvalue weighted by Crippen LogP contribution is 2.20. The van der Waals surface area contributed by atoms with E-state index in [0.717, 1.165) is 45.7 Å². The molecule has 1 aliphatic heterocycles. The summed E-state index contributed by atoms with van der Waals surface area (Å²) in [5.41, 5.74) is 7.29. The number of aromatic nitrogens is 1. The molecule has 0 radical (unpaired) electrons. The van der Waals surface area contributed by atoms with Crippen LogP contribution in [-0.2, 0) is 13.0 Å². The summed E-state index contributed by atoms with van der Waals surface area (Å²) in [6.07, 6.45) is 3.46. The van der Waals surface area contributed by atoms with Gasteiger partial charge in [0.1, 0.15) is 0 Å². The Morgan fingerprint density at radius 1 is 1.33 bits per heavy atom. The second-order valence-electron chi connectivity index (χ2n) is 6.18. The number of nitrogens with two attached hydrogens (primary N) is 1. The number of rotatable bonds is 7. The van der Waals surface area contributed by atoms with Gasteiger partial charge in [0.15, 0.2) is 5.96 Å². The summed E-state index contributed by atoms with van der Waals surface area (Å²) in [6.45, 7) is 12.4. The van der Waals surface area contributed by atoms with Crippen LogP contribution >= 0.6 is 35.3 Å². The molecule has 0 aliphatic carbocycles. The van der Waals surface area contributed by atoms with Gasteiger partial charge in [0.25, 0.3) is 0 Å². The molecule has 2 rings (SSSR count). The number of piperidine rings is 1. The van der Waals surface area contributed by atoms with Crippen LogP contribution in [-0.4, -0.2) is 53.5 Å². The van der Waals surface area contributed by atoms with Crippen LogP contribution in [0, 0.1) is 5.92 Å². The predicted octanol–water partition coefficient (Wildman–Crippen LogP) is 3.19. The number of aryl methyl sites for hydroxylation is 1. The van der Waals surface area contributed by atoms with E-state index in [9.17, 15) is 0 Å². The molecule has 1 aromatic rings. The van der Waals surface area contributed by atoms with Crippen LogP contribution in [0.1, 0.15) is 44.3 Å². The van der Waals surface area contributed by atoms with E-state index in [0.29, 0.717) is 11.9 Å². The van der Waals surface area contributed by atoms with Gasteiger partial charge < -0.3 is 10.6 Å². The van der Waals surface area contributed by atoms with Crippen LogP contribution < -0.4 is 5.73 Å². The van der Waals surface area contributed by atoms with Gasteiger partial charge in [-0.25, -0.2) is 4.98 Å². The molecule has 2 N–H and O–H groups in total. The first-order valence-corrected chi connectivity index (χ1v) is 9.74. The summed E-state index contributed by atoms with van der Waals surface area (Å²) in [4.78, 5) is 13.9. The van der Waals surface area contributed by atoms with Crippen molar-refractivity contribution in [2.24, 2.45) is 16.6 Å². The van der Waals surface area contributed by atoms with Crippen molar-refractivity contribution in [1.82, 2.24) is 14.8 Å². The highest BCUT2D eigenvalue weighted by atomic mass is 127. The van der Waals surface area contributed by atoms with Crippen LogP contribution in [0.3, 0.4) is 0 Å². The molecule has 0 saturated carbocycles. The van der Waals surface area contributed by atoms with Gasteiger partial charge >= 0.3 is 0 Å². The molecule has 5 nitrogen and oxygen atoms in total. The lowest BCUT2D eigenvalue weighted by Gasteiger charge is -2.31. The van der Waals surface area contributed by atoms with E-state index >= 15 is 0 Å². The Morgan fingerprint density at radius 3 is 2.54 bits per heavy atom. The molecule has 138 valence electrons. The quantitative estimate of drug-likeness (QED) is 0.382. The molecule has 0 spiro atoms. The zero-order valence-corrected chi connectivity index (χ0v) is 18.3. The summed E-state index contributed by atoms with van der Waals surface area (Å²) in [7, 11) is 0. The maximum Gasteiger partial charge on any atom is 0.191 e. The van der Waals surface area contributed by atoms with Gasteiger partial charge in [0.2, 0.25) is 0 Å². The number of hydrogen-bond donors (Lipinski definition) is 1. The average molecular weight is 465 g/mol. The van der Waals surface area contributed by atoms with Gasteiger partial charge in [-0.05, 0) is 52.1 Å². The molecular weight excluding hydrogens is 433 g/mol. The van der Waals surface area contributed by atoms with Gasteiger partial charge in [0, 0.05) is 31.6 Å². The molecule has 1 aliphatic rings. The first-order chi connectivity index (χ1) is 11.2. The summed E-state index contributed by atoms with van der Waals surface area (Å²) in [6, 6.07) is 0. The number of hydrogen-bond acceptors (Lipinski definition) is 4. The molecule has 24 heavy (non-hydrogen) atoms. The standard InChI is InChI=1S/C17H31N5S.HI/c1-4-16-20-15(13-23-16)12-21-9-7-14(8-10-21)11-19-17(18)22(5-2)6-3;/h13-14H,4-12H2,1-3H3,(H2,18,19);1H. The van der Waals surface area contributed by atoms with E-state index in [1.54, 1.807) is 11.3 Å². The van der Waals surface area contributed by atoms with E-state index < -0.39 is 0 Å². The summed E-state index contributed by atoms with van der Waals surface area (Å²) >= 11 is 1.78. The molecule has 2 heterocycles. The fraction of sp³-hybridized carbons (Fsp3) is 0.765. The summed E-state index contributed by atoms with van der Waals surface area (Å²) in [5.74, 6) is 1.37. The molecule has 0 bridgehead atoms. The molecular formula is C17H32IN5S. The first kappa shape index (κ1) is 21.6. The van der Waals surface area contributed by atoms with E-state index in [4.69, 9.17) is 5.73 Å². The Kier molecular flexibility index (Phi) is 10.1. The number of guanidine groups is 1. The normalized spacial score (nSPS) is 16.9. The predicted molar refractivity (Wildman–Crippen MR) is 114 cm³/mol. The molecule has 1 saturated heterocycles. The lowest BCUT2D eigenvalue weighted by Crippen LogP contribution is -2.38. The van der Waals surface area contributed by atoms with Gasteiger partial charge in [-0.3, -0.25) is 9.89 Å². The average Bonchev–Trinajstić information content (AvgIpc) is 3.03. The SMILES string of the molecule is CCc1nc(CN2CCC(CN=C(N)N(CC)CC)CC2)cs1.I. The van der Waals surface area contributed by atoms with E-state index in [-0.39, 0.29) is 24.0 Å². The molecule has 0 unspecified atom stereocenters. The Hall–Kier alpha value is -0.410. The second-order valence-corrected chi connectivity index (χ2v) is 7.12. The Bertz CT molecular complexity index is 493. The van der Waals surface area contributed by atoms with Gasteiger partial charge in [-0.1, -0.05) is 6.92 Å². The molecule has 0 aromatic carbocycles. The van der Waals surface area contributed by atoms with Crippen molar-refractivity contribution < 1.29 is 0 Å². The van der Waals surface area contributed by atoms with Crippen molar-refractivity contribution in [2.45, 2.75) is 46.6 Å². The minimum atomic E-state index is 0. The molecule has 1 fully saturated rings. The lowest BCUT2D eigenvalue weighted by molar-refractivity contribution is 0.179. The van der Waals surface area contributed by atoms with Crippen molar-refractivity contribution in [2.75, 3.05) is 32.7 Å². The third-order valence-electron chi connectivity index (χ3n) is 4.59. The highest BCUT2D eigenvalue weighted by Gasteiger charge is 2.20. The van der Waals surface area contributed by atoms with Gasteiger partial charge in [0.05, 0.1) is 10.7 Å². The minimum Gasteiger partial charge on any atom is -0.370 e. The van der Waals surface area contributed by atoms with Crippen molar-refractivity contribution in [3.05, 3.63) is 16.1 Å². The van der Waals surface area contributed by atoms with Crippen LogP contribution in [0.2, 0.25) is 0 Å². The van der Waals surface area contributed by atoms with Crippen LogP contribution in [0.4, 0.5) is 0 Å². The van der Waals surface area contributed by atoms with Gasteiger partial charge in [-0.15, -0.1) is 35.3 Å². The second kappa shape index (κ2) is 11.3. The molecule has 1 aromatic heterocycles. The minimum absolute atomic E-state index is 0. The van der Waals surface area contributed by atoms with Crippen molar-refractivity contribution >= 4 is 41.3 Å². The van der Waals surface area contributed by atoms with Crippen molar-refractivity contribution in [3.8, 4) is 0 Å². The maximum atomic E-state index is 6.06. The smallest absolute Gasteiger partial charge is 0.191 e. The topological polar surface area (TPSA) is 57.8 Å². The first-order valence-electron chi connectivity index (χ1n) is 8.86. The van der Waals surface area contributed by atoms with Crippen LogP contribution in [0.15, 0.2) is 10.4 Å². The Morgan fingerprint density at radius 2 is 2.00 bits per heavy atom. The van der Waals surface area contributed by atoms with Crippen LogP contribution in [0.5, 0.6) is 0 Å². The van der Waals surface area contributed by atoms with E-state index in [1.807, 2.05) is 0 Å². The third kappa shape index (κ3) is 6.48. The summed E-state index contributed by atoms with van der Waals surface area (Å²) < 4.78 is 0. The van der Waals surface area contributed by atoms with E-state index in [2.05, 4.69) is 45.9 Å². The van der Waals surface area contributed by atoms with Crippen molar-refractivity contribution in [3.63, 3.8) is 0 Å². The number of thiazole rings is 1. The molecule has 0 atom stereocenters. The Balaban J connectivity index is 0.00000288. The largest absolute Gasteiger partial charge is 0.370 e. The van der Waals surface area contributed by atoms with E-state index in [1.165, 1.54) is 23.5 Å². The lowest BCUT2D eigenvalue weighted by atomic mass is 9.97. The zero-order valence-electron chi connectivity index (χ0n) is 15.2. The van der Waals surface area contributed by atoms with Crippen molar-refractivity contribution in [1.29, 1.82) is 0 Å². The fourth-order valence-electron chi connectivity index (χ4n) is 3.01. The highest BCUT2D eigenvalue weighted by molar-refractivity contribution is 14.0. The van der Waals surface area contributed by atoms with Crippen LogP contribution in [0.25, 0.3) is 0 Å².